The first-order valence-electron chi connectivity index (χ1n) is 19.1. The summed E-state index contributed by atoms with van der Waals surface area (Å²) in [4.78, 5) is 10.7. The van der Waals surface area contributed by atoms with Crippen molar-refractivity contribution in [1.82, 2.24) is 4.57 Å². The van der Waals surface area contributed by atoms with Gasteiger partial charge in [-0.25, -0.2) is 9.98 Å². The summed E-state index contributed by atoms with van der Waals surface area (Å²) in [5.74, 6) is 0.693. The van der Waals surface area contributed by atoms with E-state index in [0.717, 1.165) is 45.8 Å². The SMILES string of the molecule is CC/C(C)=C(/N=C(N=C(C)c1ccccc1)c1ccccc1)c1ccc2ccccc2c1-c1ccc(-n2c3ccccc3c3c4ccccc4ccc32)cc1. The molecule has 0 saturated carbocycles. The van der Waals surface area contributed by atoms with Gasteiger partial charge in [-0.3, -0.25) is 0 Å². The number of hydrogen-bond donors (Lipinski definition) is 0. The minimum absolute atomic E-state index is 0.693. The normalized spacial score (nSPS) is 12.9. The molecule has 0 fully saturated rings. The fourth-order valence-electron chi connectivity index (χ4n) is 7.88. The van der Waals surface area contributed by atoms with Crippen LogP contribution in [0.25, 0.3) is 65.9 Å². The molecule has 264 valence electrons. The minimum atomic E-state index is 0.693. The zero-order valence-electron chi connectivity index (χ0n) is 31.4. The predicted molar refractivity (Wildman–Crippen MR) is 236 cm³/mol. The highest BCUT2D eigenvalue weighted by molar-refractivity contribution is 6.21. The smallest absolute Gasteiger partial charge is 0.160 e. The molecule has 0 bridgehead atoms. The summed E-state index contributed by atoms with van der Waals surface area (Å²) in [5, 5.41) is 7.46. The molecule has 0 aliphatic carbocycles. The Morgan fingerprint density at radius 2 is 1.07 bits per heavy atom. The summed E-state index contributed by atoms with van der Waals surface area (Å²) in [5.41, 5.74) is 12.1. The highest BCUT2D eigenvalue weighted by Gasteiger charge is 2.19. The fourth-order valence-corrected chi connectivity index (χ4v) is 7.88. The number of aromatic nitrogens is 1. The Balaban J connectivity index is 1.24. The lowest BCUT2D eigenvalue weighted by Crippen LogP contribution is -2.05. The van der Waals surface area contributed by atoms with Gasteiger partial charge in [-0.1, -0.05) is 165 Å². The number of benzene rings is 8. The van der Waals surface area contributed by atoms with Crippen molar-refractivity contribution in [2.24, 2.45) is 9.98 Å². The lowest BCUT2D eigenvalue weighted by atomic mass is 9.90. The van der Waals surface area contributed by atoms with Gasteiger partial charge in [-0.05, 0) is 88.3 Å². The summed E-state index contributed by atoms with van der Waals surface area (Å²) >= 11 is 0. The van der Waals surface area contributed by atoms with Crippen LogP contribution in [0.4, 0.5) is 0 Å². The van der Waals surface area contributed by atoms with Gasteiger partial charge in [0.2, 0.25) is 0 Å². The Bertz CT molecular complexity index is 2950. The van der Waals surface area contributed by atoms with Crippen LogP contribution in [0.1, 0.15) is 43.9 Å². The van der Waals surface area contributed by atoms with Gasteiger partial charge in [-0.15, -0.1) is 0 Å². The molecule has 3 nitrogen and oxygen atoms in total. The number of aliphatic imine (C=N–C) groups is 2. The first-order valence-corrected chi connectivity index (χ1v) is 19.1. The Morgan fingerprint density at radius 1 is 0.491 bits per heavy atom. The maximum Gasteiger partial charge on any atom is 0.160 e. The molecule has 8 aromatic carbocycles. The topological polar surface area (TPSA) is 29.6 Å². The number of hydrogen-bond acceptors (Lipinski definition) is 1. The summed E-state index contributed by atoms with van der Waals surface area (Å²) in [7, 11) is 0. The molecule has 9 rings (SSSR count). The van der Waals surface area contributed by atoms with Gasteiger partial charge in [0.1, 0.15) is 0 Å². The van der Waals surface area contributed by atoms with E-state index in [2.05, 4.69) is 195 Å². The van der Waals surface area contributed by atoms with Gasteiger partial charge in [0.25, 0.3) is 0 Å². The molecule has 0 aliphatic rings. The molecule has 0 radical (unpaired) electrons. The van der Waals surface area contributed by atoms with Crippen LogP contribution in [0.15, 0.2) is 198 Å². The molecule has 3 heteroatoms. The van der Waals surface area contributed by atoms with E-state index in [0.29, 0.717) is 5.84 Å². The van der Waals surface area contributed by atoms with Crippen molar-refractivity contribution in [2.75, 3.05) is 0 Å². The zero-order chi connectivity index (χ0) is 37.3. The molecule has 0 spiro atoms. The highest BCUT2D eigenvalue weighted by atomic mass is 15.0. The third kappa shape index (κ3) is 6.24. The second-order valence-corrected chi connectivity index (χ2v) is 14.1. The first kappa shape index (κ1) is 34.0. The van der Waals surface area contributed by atoms with Crippen LogP contribution < -0.4 is 0 Å². The maximum absolute atomic E-state index is 5.50. The molecular formula is C52H41N3. The molecule has 1 heterocycles. The molecule has 0 unspecified atom stereocenters. The van der Waals surface area contributed by atoms with Crippen LogP contribution >= 0.6 is 0 Å². The Labute approximate surface area is 322 Å². The predicted octanol–water partition coefficient (Wildman–Crippen LogP) is 13.9. The summed E-state index contributed by atoms with van der Waals surface area (Å²) < 4.78 is 2.40. The standard InChI is InChI=1S/C52H41N3/c1-4-35(2)51(54-52(41-21-9-6-10-22-41)53-36(3)37-17-7-5-8-18-37)46-33-29-38-19-11-13-23-43(38)49(46)40-27-31-42(32-28-40)55-47-26-16-15-25-45(47)50-44-24-14-12-20-39(44)30-34-48(50)55/h5-34H,4H2,1-3H3/b51-35+,53-36?,54-52?. The largest absolute Gasteiger partial charge is 0.309 e. The van der Waals surface area contributed by atoms with Gasteiger partial charge in [-0.2, -0.15) is 0 Å². The third-order valence-corrected chi connectivity index (χ3v) is 10.8. The molecule has 1 aromatic heterocycles. The average Bonchev–Trinajstić information content (AvgIpc) is 3.60. The van der Waals surface area contributed by atoms with Crippen LogP contribution in [-0.2, 0) is 0 Å². The average molecular weight is 708 g/mol. The first-order chi connectivity index (χ1) is 27.1. The van der Waals surface area contributed by atoms with E-state index in [4.69, 9.17) is 9.98 Å². The van der Waals surface area contributed by atoms with Crippen molar-refractivity contribution >= 4 is 60.6 Å². The van der Waals surface area contributed by atoms with E-state index in [1.165, 1.54) is 54.5 Å². The van der Waals surface area contributed by atoms with Crippen molar-refractivity contribution in [1.29, 1.82) is 0 Å². The van der Waals surface area contributed by atoms with E-state index in [1.807, 2.05) is 12.1 Å². The Kier molecular flexibility index (Phi) is 8.97. The van der Waals surface area contributed by atoms with Crippen LogP contribution in [0.2, 0.25) is 0 Å². The molecule has 0 amide bonds. The number of nitrogens with zero attached hydrogens (tertiary/aromatic N) is 3. The second kappa shape index (κ2) is 14.5. The summed E-state index contributed by atoms with van der Waals surface area (Å²) in [6.07, 6.45) is 0.857. The van der Waals surface area contributed by atoms with E-state index >= 15 is 0 Å². The van der Waals surface area contributed by atoms with Gasteiger partial charge >= 0.3 is 0 Å². The number of rotatable bonds is 7. The van der Waals surface area contributed by atoms with E-state index in [1.54, 1.807) is 0 Å². The number of para-hydroxylation sites is 1. The van der Waals surface area contributed by atoms with Crippen molar-refractivity contribution in [3.63, 3.8) is 0 Å². The van der Waals surface area contributed by atoms with Gasteiger partial charge in [0, 0.05) is 33.3 Å². The molecule has 0 saturated heterocycles. The third-order valence-electron chi connectivity index (χ3n) is 10.8. The van der Waals surface area contributed by atoms with E-state index in [9.17, 15) is 0 Å². The van der Waals surface area contributed by atoms with Gasteiger partial charge in [0.15, 0.2) is 5.84 Å². The van der Waals surface area contributed by atoms with Crippen LogP contribution in [-0.4, -0.2) is 16.1 Å². The van der Waals surface area contributed by atoms with E-state index in [-0.39, 0.29) is 0 Å². The molecule has 9 aromatic rings. The number of fused-ring (bicyclic) bond motifs is 6. The Hall–Kier alpha value is -6.84. The van der Waals surface area contributed by atoms with Crippen molar-refractivity contribution in [3.05, 3.63) is 204 Å². The lowest BCUT2D eigenvalue weighted by molar-refractivity contribution is 1.09. The monoisotopic (exact) mass is 707 g/mol. The van der Waals surface area contributed by atoms with Crippen molar-refractivity contribution in [2.45, 2.75) is 27.2 Å². The highest BCUT2D eigenvalue weighted by Crippen LogP contribution is 2.40. The van der Waals surface area contributed by atoms with Crippen LogP contribution in [0.3, 0.4) is 0 Å². The van der Waals surface area contributed by atoms with Gasteiger partial charge < -0.3 is 4.57 Å². The van der Waals surface area contributed by atoms with Gasteiger partial charge in [0.05, 0.1) is 16.7 Å². The Morgan fingerprint density at radius 3 is 1.78 bits per heavy atom. The molecule has 0 atom stereocenters. The summed E-state index contributed by atoms with van der Waals surface area (Å²) in [6.45, 7) is 6.46. The molecule has 55 heavy (non-hydrogen) atoms. The van der Waals surface area contributed by atoms with E-state index < -0.39 is 0 Å². The minimum Gasteiger partial charge on any atom is -0.309 e. The number of amidine groups is 1. The molecule has 0 N–H and O–H groups in total. The van der Waals surface area contributed by atoms with Crippen molar-refractivity contribution < 1.29 is 0 Å². The number of allylic oxidation sites excluding steroid dienone is 1. The second-order valence-electron chi connectivity index (χ2n) is 14.1. The maximum atomic E-state index is 5.50. The molecular weight excluding hydrogens is 667 g/mol. The molecule has 0 aliphatic heterocycles. The summed E-state index contributed by atoms with van der Waals surface area (Å²) in [6, 6.07) is 64.9. The lowest BCUT2D eigenvalue weighted by Gasteiger charge is -2.18. The zero-order valence-corrected chi connectivity index (χ0v) is 31.4. The fraction of sp³-hybridized carbons (Fsp3) is 0.0769. The van der Waals surface area contributed by atoms with Crippen LogP contribution in [0.5, 0.6) is 0 Å². The van der Waals surface area contributed by atoms with Crippen molar-refractivity contribution in [3.8, 4) is 16.8 Å². The quantitative estimate of drug-likeness (QED) is 0.117. The van der Waals surface area contributed by atoms with Crippen LogP contribution in [0, 0.1) is 0 Å².